The minimum Gasteiger partial charge on any atom is -0.133 e. The highest BCUT2D eigenvalue weighted by molar-refractivity contribution is 6.54. The molecule has 1 aliphatic heterocycles. The first-order chi connectivity index (χ1) is 2.89. The van der Waals surface area contributed by atoms with Crippen molar-refractivity contribution in [1.82, 2.24) is 0 Å². The molecule has 6 heavy (non-hydrogen) atoms. The molecule has 0 saturated carbocycles. The zero-order valence-electron chi connectivity index (χ0n) is 3.65. The van der Waals surface area contributed by atoms with E-state index in [-0.39, 0.29) is 0 Å². The van der Waals surface area contributed by atoms with E-state index in [1.54, 1.807) is 0 Å². The van der Waals surface area contributed by atoms with Gasteiger partial charge in [0.2, 0.25) is 0 Å². The average molecular weight is 101 g/mol. The van der Waals surface area contributed by atoms with Gasteiger partial charge in [-0.25, -0.2) is 0 Å². The molecule has 0 nitrogen and oxygen atoms in total. The molecule has 0 N–H and O–H groups in total. The third-order valence-electron chi connectivity index (χ3n) is 1.11. The van der Waals surface area contributed by atoms with Gasteiger partial charge in [-0.3, -0.25) is 0 Å². The smallest absolute Gasteiger partial charge is 0.133 e. The van der Waals surface area contributed by atoms with Crippen LogP contribution < -0.4 is 0 Å². The van der Waals surface area contributed by atoms with Gasteiger partial charge in [-0.05, 0) is 6.42 Å². The van der Waals surface area contributed by atoms with Crippen molar-refractivity contribution in [3.63, 3.8) is 0 Å². The molecule has 1 heterocycles. The van der Waals surface area contributed by atoms with E-state index in [9.17, 15) is 0 Å². The first-order valence-corrected chi connectivity index (χ1v) is 2.80. The molecule has 0 aromatic carbocycles. The SMILES string of the molecule is ClC1[B]CCC1. The fourth-order valence-electron chi connectivity index (χ4n) is 0.729. The fraction of sp³-hybridized carbons (Fsp3) is 1.00. The van der Waals surface area contributed by atoms with Crippen molar-refractivity contribution in [2.45, 2.75) is 24.4 Å². The van der Waals surface area contributed by atoms with Gasteiger partial charge in [0.1, 0.15) is 7.28 Å². The molecule has 0 aliphatic carbocycles. The highest BCUT2D eigenvalue weighted by Gasteiger charge is 2.11. The maximum absolute atomic E-state index is 5.66. The second-order valence-electron chi connectivity index (χ2n) is 1.68. The number of halogens is 1. The van der Waals surface area contributed by atoms with Crippen LogP contribution in [0.15, 0.2) is 0 Å². The molecule has 0 bridgehead atoms. The molecule has 1 radical (unpaired) electrons. The Hall–Kier alpha value is 0.355. The van der Waals surface area contributed by atoms with E-state index in [2.05, 4.69) is 7.28 Å². The van der Waals surface area contributed by atoms with Gasteiger partial charge in [-0.2, -0.15) is 0 Å². The van der Waals surface area contributed by atoms with Crippen LogP contribution in [0.1, 0.15) is 12.8 Å². The summed E-state index contributed by atoms with van der Waals surface area (Å²) in [7, 11) is 2.17. The molecule has 2 heteroatoms. The molecule has 1 fully saturated rings. The lowest BCUT2D eigenvalue weighted by Crippen LogP contribution is -1.96. The number of rotatable bonds is 0. The third kappa shape index (κ3) is 0.906. The van der Waals surface area contributed by atoms with Gasteiger partial charge in [-0.15, -0.1) is 11.6 Å². The molecule has 33 valence electrons. The Morgan fingerprint density at radius 2 is 2.50 bits per heavy atom. The summed E-state index contributed by atoms with van der Waals surface area (Å²) in [4.78, 5) is 0. The van der Waals surface area contributed by atoms with Crippen molar-refractivity contribution in [1.29, 1.82) is 0 Å². The van der Waals surface area contributed by atoms with Crippen LogP contribution in [0.2, 0.25) is 6.32 Å². The van der Waals surface area contributed by atoms with E-state index >= 15 is 0 Å². The first-order valence-electron chi connectivity index (χ1n) is 2.37. The average Bonchev–Trinajstić information content (AvgIpc) is 1.86. The van der Waals surface area contributed by atoms with Gasteiger partial charge in [0, 0.05) is 5.28 Å². The number of hydrogen-bond donors (Lipinski definition) is 0. The lowest BCUT2D eigenvalue weighted by atomic mass is 9.77. The minimum atomic E-state index is 0.394. The van der Waals surface area contributed by atoms with Gasteiger partial charge >= 0.3 is 0 Å². The molecule has 1 saturated heterocycles. The molecule has 0 aromatic heterocycles. The van der Waals surface area contributed by atoms with Crippen molar-refractivity contribution >= 4 is 18.9 Å². The molecule has 1 aliphatic rings. The second kappa shape index (κ2) is 1.88. The van der Waals surface area contributed by atoms with Crippen molar-refractivity contribution in [3.05, 3.63) is 0 Å². The molecular weight excluding hydrogens is 94.3 g/mol. The van der Waals surface area contributed by atoms with Gasteiger partial charge < -0.3 is 0 Å². The molecular formula is C4H7BCl. The zero-order valence-corrected chi connectivity index (χ0v) is 4.41. The van der Waals surface area contributed by atoms with Crippen LogP contribution in [-0.2, 0) is 0 Å². The topological polar surface area (TPSA) is 0 Å². The Labute approximate surface area is 44.1 Å². The van der Waals surface area contributed by atoms with E-state index in [1.165, 1.54) is 19.2 Å². The fourth-order valence-corrected chi connectivity index (χ4v) is 1.01. The van der Waals surface area contributed by atoms with Gasteiger partial charge in [0.05, 0.1) is 0 Å². The van der Waals surface area contributed by atoms with Crippen molar-refractivity contribution in [2.24, 2.45) is 0 Å². The summed E-state index contributed by atoms with van der Waals surface area (Å²) in [5, 5.41) is 0.394. The molecule has 1 unspecified atom stereocenters. The first kappa shape index (κ1) is 4.51. The lowest BCUT2D eigenvalue weighted by molar-refractivity contribution is 0.912. The van der Waals surface area contributed by atoms with Crippen LogP contribution in [0.25, 0.3) is 0 Å². The van der Waals surface area contributed by atoms with E-state index in [0.29, 0.717) is 5.28 Å². The van der Waals surface area contributed by atoms with E-state index < -0.39 is 0 Å². The number of alkyl halides is 1. The van der Waals surface area contributed by atoms with Crippen LogP contribution in [0.5, 0.6) is 0 Å². The standard InChI is InChI=1S/C4H7BCl/c6-4-2-1-3-5-4/h4H,1-3H2. The Morgan fingerprint density at radius 1 is 1.67 bits per heavy atom. The quantitative estimate of drug-likeness (QED) is 0.320. The van der Waals surface area contributed by atoms with Crippen molar-refractivity contribution < 1.29 is 0 Å². The van der Waals surface area contributed by atoms with Crippen molar-refractivity contribution in [2.75, 3.05) is 0 Å². The Morgan fingerprint density at radius 3 is 2.67 bits per heavy atom. The predicted octanol–water partition coefficient (Wildman–Crippen LogP) is 1.47. The van der Waals surface area contributed by atoms with Crippen LogP contribution in [-0.4, -0.2) is 12.6 Å². The summed E-state index contributed by atoms with van der Waals surface area (Å²) in [5.41, 5.74) is 0. The normalized spacial score (nSPS) is 33.2. The van der Waals surface area contributed by atoms with Gasteiger partial charge in [0.15, 0.2) is 0 Å². The highest BCUT2D eigenvalue weighted by atomic mass is 35.5. The summed E-state index contributed by atoms with van der Waals surface area (Å²) in [6, 6.07) is 0. The predicted molar refractivity (Wildman–Crippen MR) is 29.4 cm³/mol. The maximum atomic E-state index is 5.66. The minimum absolute atomic E-state index is 0.394. The van der Waals surface area contributed by atoms with Crippen LogP contribution in [0, 0.1) is 0 Å². The van der Waals surface area contributed by atoms with Crippen LogP contribution in [0.3, 0.4) is 0 Å². The molecule has 0 aromatic rings. The van der Waals surface area contributed by atoms with Crippen LogP contribution >= 0.6 is 11.6 Å². The van der Waals surface area contributed by atoms with Gasteiger partial charge in [0.25, 0.3) is 0 Å². The van der Waals surface area contributed by atoms with Crippen LogP contribution in [0.4, 0.5) is 0 Å². The third-order valence-corrected chi connectivity index (χ3v) is 1.50. The Bertz CT molecular complexity index is 40.8. The lowest BCUT2D eigenvalue weighted by Gasteiger charge is -1.87. The molecule has 1 atom stereocenters. The Kier molecular flexibility index (Phi) is 1.41. The molecule has 1 rings (SSSR count). The molecule has 0 spiro atoms. The Balaban J connectivity index is 2.18. The highest BCUT2D eigenvalue weighted by Crippen LogP contribution is 2.15. The monoisotopic (exact) mass is 101 g/mol. The largest absolute Gasteiger partial charge is 0.133 e. The van der Waals surface area contributed by atoms with E-state index in [4.69, 9.17) is 11.6 Å². The summed E-state index contributed by atoms with van der Waals surface area (Å²) in [6.45, 7) is 0. The van der Waals surface area contributed by atoms with E-state index in [1.807, 2.05) is 0 Å². The summed E-state index contributed by atoms with van der Waals surface area (Å²) in [6.07, 6.45) is 3.73. The zero-order chi connectivity index (χ0) is 4.41. The second-order valence-corrected chi connectivity index (χ2v) is 2.24. The molecule has 0 amide bonds. The summed E-state index contributed by atoms with van der Waals surface area (Å²) >= 11 is 5.66. The van der Waals surface area contributed by atoms with E-state index in [0.717, 1.165) is 0 Å². The summed E-state index contributed by atoms with van der Waals surface area (Å²) < 4.78 is 0. The maximum Gasteiger partial charge on any atom is 0.133 e. The van der Waals surface area contributed by atoms with Crippen molar-refractivity contribution in [3.8, 4) is 0 Å². The number of hydrogen-bond acceptors (Lipinski definition) is 0. The summed E-state index contributed by atoms with van der Waals surface area (Å²) in [5.74, 6) is 0. The van der Waals surface area contributed by atoms with Gasteiger partial charge in [-0.1, -0.05) is 12.7 Å².